The van der Waals surface area contributed by atoms with Crippen molar-refractivity contribution in [1.29, 1.82) is 0 Å². The molecule has 0 saturated heterocycles. The highest BCUT2D eigenvalue weighted by atomic mass is 79.9. The van der Waals surface area contributed by atoms with Gasteiger partial charge in [0.2, 0.25) is 11.8 Å². The largest absolute Gasteiger partial charge is 0.495 e. The Hall–Kier alpha value is -3.37. The van der Waals surface area contributed by atoms with Gasteiger partial charge in [0, 0.05) is 16.6 Å². The summed E-state index contributed by atoms with van der Waals surface area (Å²) in [5.74, 6) is -0.581. The number of benzene rings is 3. The third-order valence-corrected chi connectivity index (χ3v) is 8.45. The predicted molar refractivity (Wildman–Crippen MR) is 161 cm³/mol. The average Bonchev–Trinajstić information content (AvgIpc) is 2.90. The van der Waals surface area contributed by atoms with Crippen molar-refractivity contribution < 1.29 is 22.7 Å². The Balaban J connectivity index is 2.09. The van der Waals surface area contributed by atoms with Crippen LogP contribution in [0.4, 0.5) is 5.69 Å². The molecule has 3 aromatic rings. The summed E-state index contributed by atoms with van der Waals surface area (Å²) in [6.07, 6.45) is 0. The topological polar surface area (TPSA) is 96.0 Å². The number of aryl methyl sites for hydroxylation is 1. The lowest BCUT2D eigenvalue weighted by Gasteiger charge is -2.33. The molecule has 0 saturated carbocycles. The minimum absolute atomic E-state index is 0.0318. The van der Waals surface area contributed by atoms with Crippen LogP contribution in [0.1, 0.15) is 38.8 Å². The van der Waals surface area contributed by atoms with E-state index in [4.69, 9.17) is 4.74 Å². The summed E-state index contributed by atoms with van der Waals surface area (Å²) >= 11 is 3.42. The van der Waals surface area contributed by atoms with E-state index in [0.717, 1.165) is 19.9 Å². The number of methoxy groups -OCH3 is 1. The van der Waals surface area contributed by atoms with E-state index in [-0.39, 0.29) is 23.0 Å². The van der Waals surface area contributed by atoms with Gasteiger partial charge in [-0.05, 0) is 82.1 Å². The molecule has 0 aliphatic rings. The van der Waals surface area contributed by atoms with E-state index in [0.29, 0.717) is 5.75 Å². The van der Waals surface area contributed by atoms with Crippen molar-refractivity contribution in [2.45, 2.75) is 57.6 Å². The van der Waals surface area contributed by atoms with Gasteiger partial charge in [0.05, 0.1) is 17.7 Å². The summed E-state index contributed by atoms with van der Waals surface area (Å²) < 4.78 is 35.4. The van der Waals surface area contributed by atoms with Crippen LogP contribution in [-0.4, -0.2) is 50.4 Å². The van der Waals surface area contributed by atoms with Gasteiger partial charge >= 0.3 is 0 Å². The van der Waals surface area contributed by atoms with E-state index in [1.807, 2.05) is 52.0 Å². The van der Waals surface area contributed by atoms with Gasteiger partial charge in [-0.25, -0.2) is 8.42 Å². The van der Waals surface area contributed by atoms with Crippen LogP contribution >= 0.6 is 15.9 Å². The first-order valence-electron chi connectivity index (χ1n) is 12.8. The zero-order valence-electron chi connectivity index (χ0n) is 23.6. The zero-order valence-corrected chi connectivity index (χ0v) is 26.0. The number of hydrogen-bond donors (Lipinski definition) is 1. The molecule has 1 atom stereocenters. The SMILES string of the molecule is COc1ccc(C)cc1N(CC(=O)N(Cc1ccc(Br)cc1)[C@@H](C)C(=O)NC(C)(C)C)S(=O)(=O)c1ccccc1. The lowest BCUT2D eigenvalue weighted by molar-refractivity contribution is -0.140. The number of sulfonamides is 1. The Kier molecular flexibility index (Phi) is 10.0. The fourth-order valence-corrected chi connectivity index (χ4v) is 5.77. The Bertz CT molecular complexity index is 1440. The van der Waals surface area contributed by atoms with Gasteiger partial charge in [-0.2, -0.15) is 0 Å². The molecule has 3 aromatic carbocycles. The maximum atomic E-state index is 14.1. The average molecular weight is 631 g/mol. The van der Waals surface area contributed by atoms with E-state index in [1.54, 1.807) is 43.3 Å². The lowest BCUT2D eigenvalue weighted by Crippen LogP contribution is -2.54. The quantitative estimate of drug-likeness (QED) is 0.329. The first-order valence-corrected chi connectivity index (χ1v) is 15.0. The molecular weight excluding hydrogens is 594 g/mol. The third kappa shape index (κ3) is 7.85. The van der Waals surface area contributed by atoms with Crippen LogP contribution < -0.4 is 14.4 Å². The minimum Gasteiger partial charge on any atom is -0.495 e. The number of amides is 2. The summed E-state index contributed by atoms with van der Waals surface area (Å²) in [4.78, 5) is 28.7. The number of rotatable bonds is 10. The number of ether oxygens (including phenoxy) is 1. The summed E-state index contributed by atoms with van der Waals surface area (Å²) in [6.45, 7) is 8.61. The molecular formula is C30H36BrN3O5S. The maximum absolute atomic E-state index is 14.1. The standard InChI is InChI=1S/C30H36BrN3O5S/c1-21-12-17-27(39-6)26(18-21)34(40(37,38)25-10-8-7-9-11-25)20-28(35)33(19-23-13-15-24(31)16-14-23)22(2)29(36)32-30(3,4)5/h7-18,22H,19-20H2,1-6H3,(H,32,36)/t22-/m0/s1. The molecule has 10 heteroatoms. The van der Waals surface area contributed by atoms with Crippen LogP contribution in [-0.2, 0) is 26.2 Å². The highest BCUT2D eigenvalue weighted by Crippen LogP contribution is 2.33. The smallest absolute Gasteiger partial charge is 0.264 e. The molecule has 0 aliphatic heterocycles. The van der Waals surface area contributed by atoms with Crippen molar-refractivity contribution in [3.63, 3.8) is 0 Å². The number of hydrogen-bond acceptors (Lipinski definition) is 5. The van der Waals surface area contributed by atoms with Crippen molar-refractivity contribution in [2.24, 2.45) is 0 Å². The summed E-state index contributed by atoms with van der Waals surface area (Å²) in [5, 5.41) is 2.92. The Labute approximate surface area is 245 Å². The Morgan fingerprint density at radius 2 is 1.62 bits per heavy atom. The van der Waals surface area contributed by atoms with Gasteiger partial charge in [0.25, 0.3) is 10.0 Å². The van der Waals surface area contributed by atoms with Crippen LogP contribution in [0.3, 0.4) is 0 Å². The molecule has 0 aliphatic carbocycles. The number of nitrogens with one attached hydrogen (secondary N) is 1. The first-order chi connectivity index (χ1) is 18.7. The molecule has 8 nitrogen and oxygen atoms in total. The van der Waals surface area contributed by atoms with E-state index in [2.05, 4.69) is 21.2 Å². The van der Waals surface area contributed by atoms with Crippen molar-refractivity contribution >= 4 is 43.5 Å². The second kappa shape index (κ2) is 12.9. The van der Waals surface area contributed by atoms with Crippen molar-refractivity contribution in [1.82, 2.24) is 10.2 Å². The summed E-state index contributed by atoms with van der Waals surface area (Å²) in [6, 6.07) is 19.6. The van der Waals surface area contributed by atoms with Gasteiger partial charge in [-0.3, -0.25) is 13.9 Å². The Morgan fingerprint density at radius 3 is 2.20 bits per heavy atom. The van der Waals surface area contributed by atoms with Crippen LogP contribution in [0.25, 0.3) is 0 Å². The molecule has 0 aromatic heterocycles. The molecule has 214 valence electrons. The lowest BCUT2D eigenvalue weighted by atomic mass is 10.1. The molecule has 0 unspecified atom stereocenters. The van der Waals surface area contributed by atoms with Gasteiger partial charge in [-0.1, -0.05) is 52.3 Å². The Morgan fingerprint density at radius 1 is 1.00 bits per heavy atom. The van der Waals surface area contributed by atoms with E-state index < -0.39 is 34.1 Å². The summed E-state index contributed by atoms with van der Waals surface area (Å²) in [7, 11) is -2.74. The van der Waals surface area contributed by atoms with Crippen molar-refractivity contribution in [2.75, 3.05) is 18.0 Å². The molecule has 0 radical (unpaired) electrons. The fourth-order valence-electron chi connectivity index (χ4n) is 4.07. The second-order valence-electron chi connectivity index (χ2n) is 10.6. The molecule has 1 N–H and O–H groups in total. The van der Waals surface area contributed by atoms with Crippen LogP contribution in [0.2, 0.25) is 0 Å². The van der Waals surface area contributed by atoms with Crippen molar-refractivity contribution in [3.05, 3.63) is 88.4 Å². The molecule has 0 heterocycles. The normalized spacial score (nSPS) is 12.4. The number of nitrogens with zero attached hydrogens (tertiary/aromatic N) is 2. The zero-order chi connectivity index (χ0) is 29.7. The molecule has 2 amide bonds. The predicted octanol–water partition coefficient (Wildman–Crippen LogP) is 5.29. The molecule has 0 spiro atoms. The van der Waals surface area contributed by atoms with Crippen LogP contribution in [0.5, 0.6) is 5.75 Å². The van der Waals surface area contributed by atoms with Crippen molar-refractivity contribution in [3.8, 4) is 5.75 Å². The molecule has 3 rings (SSSR count). The first kappa shape index (κ1) is 31.2. The number of carbonyl (C=O) groups is 2. The van der Waals surface area contributed by atoms with Gasteiger partial charge < -0.3 is 15.0 Å². The number of halogens is 1. The second-order valence-corrected chi connectivity index (χ2v) is 13.3. The minimum atomic E-state index is -4.19. The third-order valence-electron chi connectivity index (χ3n) is 6.14. The molecule has 0 bridgehead atoms. The number of anilines is 1. The van der Waals surface area contributed by atoms with Crippen LogP contribution in [0.15, 0.2) is 82.2 Å². The van der Waals surface area contributed by atoms with Gasteiger partial charge in [-0.15, -0.1) is 0 Å². The van der Waals surface area contributed by atoms with E-state index in [9.17, 15) is 18.0 Å². The monoisotopic (exact) mass is 629 g/mol. The fraction of sp³-hybridized carbons (Fsp3) is 0.333. The summed E-state index contributed by atoms with van der Waals surface area (Å²) in [5.41, 5.74) is 1.30. The highest BCUT2D eigenvalue weighted by molar-refractivity contribution is 9.10. The maximum Gasteiger partial charge on any atom is 0.264 e. The van der Waals surface area contributed by atoms with Gasteiger partial charge in [0.1, 0.15) is 18.3 Å². The highest BCUT2D eigenvalue weighted by Gasteiger charge is 2.34. The van der Waals surface area contributed by atoms with Gasteiger partial charge in [0.15, 0.2) is 0 Å². The van der Waals surface area contributed by atoms with E-state index in [1.165, 1.54) is 24.1 Å². The molecule has 0 fully saturated rings. The number of carbonyl (C=O) groups excluding carboxylic acids is 2. The van der Waals surface area contributed by atoms with Crippen LogP contribution in [0, 0.1) is 6.92 Å². The van der Waals surface area contributed by atoms with E-state index >= 15 is 0 Å². The molecule has 40 heavy (non-hydrogen) atoms.